The van der Waals surface area contributed by atoms with Crippen molar-refractivity contribution in [1.29, 1.82) is 0 Å². The molecule has 0 radical (unpaired) electrons. The SMILES string of the molecule is Cc1c(C(=O)O)nnn1-c1cccc2c(O)cccc12. The average molecular weight is 269 g/mol. The quantitative estimate of drug-likeness (QED) is 0.744. The van der Waals surface area contributed by atoms with Gasteiger partial charge in [0.05, 0.1) is 11.4 Å². The predicted molar refractivity (Wildman–Crippen MR) is 72.2 cm³/mol. The Labute approximate surface area is 113 Å². The number of fused-ring (bicyclic) bond motifs is 1. The van der Waals surface area contributed by atoms with Gasteiger partial charge >= 0.3 is 5.97 Å². The molecule has 0 unspecified atom stereocenters. The Morgan fingerprint density at radius 2 is 1.85 bits per heavy atom. The summed E-state index contributed by atoms with van der Waals surface area (Å²) in [5.74, 6) is -0.947. The number of phenols is 1. The van der Waals surface area contributed by atoms with E-state index in [9.17, 15) is 9.90 Å². The smallest absolute Gasteiger partial charge is 0.358 e. The molecule has 2 aromatic carbocycles. The summed E-state index contributed by atoms with van der Waals surface area (Å²) in [5.41, 5.74) is 1.03. The van der Waals surface area contributed by atoms with Gasteiger partial charge in [-0.1, -0.05) is 29.5 Å². The van der Waals surface area contributed by atoms with Gasteiger partial charge in [-0.15, -0.1) is 5.10 Å². The van der Waals surface area contributed by atoms with Crippen LogP contribution in [-0.4, -0.2) is 31.2 Å². The van der Waals surface area contributed by atoms with E-state index in [1.165, 1.54) is 4.68 Å². The van der Waals surface area contributed by atoms with Gasteiger partial charge in [0.1, 0.15) is 5.75 Å². The Bertz CT molecular complexity index is 824. The lowest BCUT2D eigenvalue weighted by Crippen LogP contribution is -2.03. The van der Waals surface area contributed by atoms with Crippen LogP contribution in [0, 0.1) is 6.92 Å². The van der Waals surface area contributed by atoms with Crippen molar-refractivity contribution in [2.45, 2.75) is 6.92 Å². The molecule has 0 spiro atoms. The van der Waals surface area contributed by atoms with Crippen LogP contribution in [0.25, 0.3) is 16.5 Å². The van der Waals surface area contributed by atoms with Crippen molar-refractivity contribution in [3.05, 3.63) is 47.8 Å². The van der Waals surface area contributed by atoms with Crippen molar-refractivity contribution in [3.8, 4) is 11.4 Å². The fourth-order valence-electron chi connectivity index (χ4n) is 2.22. The molecule has 3 rings (SSSR count). The van der Waals surface area contributed by atoms with Crippen LogP contribution in [0.5, 0.6) is 5.75 Å². The zero-order valence-electron chi connectivity index (χ0n) is 10.6. The van der Waals surface area contributed by atoms with E-state index in [0.717, 1.165) is 5.39 Å². The third-order valence-corrected chi connectivity index (χ3v) is 3.20. The van der Waals surface area contributed by atoms with E-state index in [4.69, 9.17) is 5.11 Å². The normalized spacial score (nSPS) is 10.8. The molecule has 100 valence electrons. The highest BCUT2D eigenvalue weighted by Crippen LogP contribution is 2.29. The van der Waals surface area contributed by atoms with Crippen LogP contribution < -0.4 is 0 Å². The fourth-order valence-corrected chi connectivity index (χ4v) is 2.22. The summed E-state index contributed by atoms with van der Waals surface area (Å²) >= 11 is 0. The molecular weight excluding hydrogens is 258 g/mol. The number of carboxylic acids is 1. The number of hydrogen-bond donors (Lipinski definition) is 2. The van der Waals surface area contributed by atoms with Crippen LogP contribution in [0.1, 0.15) is 16.2 Å². The van der Waals surface area contributed by atoms with Crippen molar-refractivity contribution in [3.63, 3.8) is 0 Å². The third kappa shape index (κ3) is 1.70. The first-order chi connectivity index (χ1) is 9.59. The molecule has 6 heteroatoms. The number of carbonyl (C=O) groups is 1. The van der Waals surface area contributed by atoms with Gasteiger partial charge in [0.25, 0.3) is 0 Å². The molecule has 1 aromatic heterocycles. The first kappa shape index (κ1) is 12.2. The zero-order valence-corrected chi connectivity index (χ0v) is 10.6. The van der Waals surface area contributed by atoms with Gasteiger partial charge in [-0.25, -0.2) is 9.48 Å². The van der Waals surface area contributed by atoms with Crippen LogP contribution in [-0.2, 0) is 0 Å². The Kier molecular flexibility index (Phi) is 2.64. The summed E-state index contributed by atoms with van der Waals surface area (Å²) in [6, 6.07) is 10.5. The second-order valence-corrected chi connectivity index (χ2v) is 4.39. The second-order valence-electron chi connectivity index (χ2n) is 4.39. The van der Waals surface area contributed by atoms with E-state index < -0.39 is 5.97 Å². The minimum absolute atomic E-state index is 0.0813. The van der Waals surface area contributed by atoms with Gasteiger partial charge in [0.2, 0.25) is 0 Å². The maximum absolute atomic E-state index is 11.0. The number of phenolic OH excluding ortho intramolecular Hbond substituents is 1. The lowest BCUT2D eigenvalue weighted by Gasteiger charge is -2.08. The zero-order chi connectivity index (χ0) is 14.3. The Morgan fingerprint density at radius 3 is 2.55 bits per heavy atom. The first-order valence-corrected chi connectivity index (χ1v) is 5.96. The summed E-state index contributed by atoms with van der Waals surface area (Å²) in [6.07, 6.45) is 0. The molecular formula is C14H11N3O3. The van der Waals surface area contributed by atoms with Crippen molar-refractivity contribution < 1.29 is 15.0 Å². The molecule has 0 saturated heterocycles. The molecule has 1 heterocycles. The second kappa shape index (κ2) is 4.34. The molecule has 2 N–H and O–H groups in total. The molecule has 0 aliphatic carbocycles. The van der Waals surface area contributed by atoms with Crippen LogP contribution >= 0.6 is 0 Å². The Hall–Kier alpha value is -2.89. The first-order valence-electron chi connectivity index (χ1n) is 5.96. The molecule has 0 saturated carbocycles. The number of hydrogen-bond acceptors (Lipinski definition) is 4. The molecule has 20 heavy (non-hydrogen) atoms. The molecule has 6 nitrogen and oxygen atoms in total. The molecule has 0 amide bonds. The number of carboxylic acid groups (broad SMARTS) is 1. The number of nitrogens with zero attached hydrogens (tertiary/aromatic N) is 3. The maximum Gasteiger partial charge on any atom is 0.358 e. The van der Waals surface area contributed by atoms with E-state index in [1.807, 2.05) is 6.07 Å². The molecule has 0 fully saturated rings. The lowest BCUT2D eigenvalue weighted by atomic mass is 10.1. The lowest BCUT2D eigenvalue weighted by molar-refractivity contribution is 0.0689. The summed E-state index contributed by atoms with van der Waals surface area (Å²) in [5, 5.41) is 27.9. The molecule has 0 bridgehead atoms. The number of aromatic nitrogens is 3. The Morgan fingerprint density at radius 1 is 1.15 bits per heavy atom. The highest BCUT2D eigenvalue weighted by molar-refractivity contribution is 5.94. The number of rotatable bonds is 2. The summed E-state index contributed by atoms with van der Waals surface area (Å²) < 4.78 is 1.46. The van der Waals surface area contributed by atoms with Crippen LogP contribution in [0.2, 0.25) is 0 Å². The van der Waals surface area contributed by atoms with E-state index in [-0.39, 0.29) is 11.4 Å². The number of aromatic carboxylic acids is 1. The average Bonchev–Trinajstić information content (AvgIpc) is 2.80. The Balaban J connectivity index is 2.30. The maximum atomic E-state index is 11.0. The van der Waals surface area contributed by atoms with Crippen LogP contribution in [0.4, 0.5) is 0 Å². The van der Waals surface area contributed by atoms with Crippen LogP contribution in [0.3, 0.4) is 0 Å². The number of aromatic hydroxyl groups is 1. The largest absolute Gasteiger partial charge is 0.507 e. The molecule has 0 aliphatic rings. The molecule has 3 aromatic rings. The van der Waals surface area contributed by atoms with E-state index >= 15 is 0 Å². The van der Waals surface area contributed by atoms with Gasteiger partial charge in [0.15, 0.2) is 5.69 Å². The van der Waals surface area contributed by atoms with E-state index in [2.05, 4.69) is 10.3 Å². The van der Waals surface area contributed by atoms with Gasteiger partial charge in [0, 0.05) is 10.8 Å². The summed E-state index contributed by atoms with van der Waals surface area (Å²) in [4.78, 5) is 11.0. The van der Waals surface area contributed by atoms with E-state index in [1.54, 1.807) is 37.3 Å². The standard InChI is InChI=1S/C14H11N3O3/c1-8-13(14(19)20)15-16-17(8)11-6-2-5-10-9(11)4-3-7-12(10)18/h2-7,18H,1H3,(H,19,20). The van der Waals surface area contributed by atoms with Gasteiger partial charge in [-0.3, -0.25) is 0 Å². The molecule has 0 aliphatic heterocycles. The van der Waals surface area contributed by atoms with E-state index in [0.29, 0.717) is 16.8 Å². The number of benzene rings is 2. The van der Waals surface area contributed by atoms with Gasteiger partial charge in [-0.05, 0) is 19.1 Å². The summed E-state index contributed by atoms with van der Waals surface area (Å²) in [6.45, 7) is 1.64. The van der Waals surface area contributed by atoms with Crippen LogP contribution in [0.15, 0.2) is 36.4 Å². The topological polar surface area (TPSA) is 88.2 Å². The minimum atomic E-state index is -1.11. The minimum Gasteiger partial charge on any atom is -0.507 e. The van der Waals surface area contributed by atoms with Crippen molar-refractivity contribution in [2.24, 2.45) is 0 Å². The van der Waals surface area contributed by atoms with Crippen molar-refractivity contribution >= 4 is 16.7 Å². The highest BCUT2D eigenvalue weighted by Gasteiger charge is 2.17. The van der Waals surface area contributed by atoms with Crippen molar-refractivity contribution in [1.82, 2.24) is 15.0 Å². The molecule has 0 atom stereocenters. The third-order valence-electron chi connectivity index (χ3n) is 3.20. The predicted octanol–water partition coefficient (Wildman–Crippen LogP) is 2.13. The highest BCUT2D eigenvalue weighted by atomic mass is 16.4. The monoisotopic (exact) mass is 269 g/mol. The fraction of sp³-hybridized carbons (Fsp3) is 0.0714. The van der Waals surface area contributed by atoms with Crippen molar-refractivity contribution in [2.75, 3.05) is 0 Å². The summed E-state index contributed by atoms with van der Waals surface area (Å²) in [7, 11) is 0. The van der Waals surface area contributed by atoms with Gasteiger partial charge < -0.3 is 10.2 Å². The van der Waals surface area contributed by atoms with Gasteiger partial charge in [-0.2, -0.15) is 0 Å².